The molecule has 21 heavy (non-hydrogen) atoms. The Bertz CT molecular complexity index is 664. The van der Waals surface area contributed by atoms with Gasteiger partial charge in [0.1, 0.15) is 0 Å². The van der Waals surface area contributed by atoms with Crippen LogP contribution in [0.4, 0.5) is 0 Å². The Morgan fingerprint density at radius 1 is 1.43 bits per heavy atom. The molecular weight excluding hydrogens is 312 g/mol. The summed E-state index contributed by atoms with van der Waals surface area (Å²) < 4.78 is 26.5. The quantitative estimate of drug-likeness (QED) is 0.891. The molecule has 8 heteroatoms. The summed E-state index contributed by atoms with van der Waals surface area (Å²) in [5.41, 5.74) is 0.380. The molecule has 1 aliphatic heterocycles. The summed E-state index contributed by atoms with van der Waals surface area (Å²) in [5, 5.41) is 17.7. The molecule has 1 unspecified atom stereocenters. The van der Waals surface area contributed by atoms with Crippen LogP contribution in [0.2, 0.25) is 0 Å². The number of carbonyl (C=O) groups is 1. The normalized spacial score (nSPS) is 19.9. The molecule has 1 aromatic carbocycles. The Kier molecular flexibility index (Phi) is 4.88. The SMILES string of the molecule is N#Cc1ccc(S(=O)(=O)N2CCSCC2CC(=O)O)cc1. The summed E-state index contributed by atoms with van der Waals surface area (Å²) in [7, 11) is -3.73. The second kappa shape index (κ2) is 6.47. The predicted octanol–water partition coefficient (Wildman–Crippen LogP) is 1.14. The second-order valence-corrected chi connectivity index (χ2v) is 7.62. The molecule has 0 aromatic heterocycles. The summed E-state index contributed by atoms with van der Waals surface area (Å²) in [4.78, 5) is 11.0. The van der Waals surface area contributed by atoms with Gasteiger partial charge in [0, 0.05) is 24.1 Å². The zero-order chi connectivity index (χ0) is 15.5. The van der Waals surface area contributed by atoms with Crippen LogP contribution in [0.5, 0.6) is 0 Å². The van der Waals surface area contributed by atoms with Gasteiger partial charge in [0.2, 0.25) is 10.0 Å². The van der Waals surface area contributed by atoms with Crippen LogP contribution in [-0.2, 0) is 14.8 Å². The van der Waals surface area contributed by atoms with Crippen LogP contribution in [0.15, 0.2) is 29.2 Å². The number of thioether (sulfide) groups is 1. The van der Waals surface area contributed by atoms with Crippen molar-refractivity contribution in [1.29, 1.82) is 5.26 Å². The second-order valence-electron chi connectivity index (χ2n) is 4.58. The van der Waals surface area contributed by atoms with Gasteiger partial charge >= 0.3 is 5.97 Å². The van der Waals surface area contributed by atoms with Crippen LogP contribution in [0.3, 0.4) is 0 Å². The maximum Gasteiger partial charge on any atom is 0.305 e. The lowest BCUT2D eigenvalue weighted by molar-refractivity contribution is -0.137. The molecule has 0 bridgehead atoms. The van der Waals surface area contributed by atoms with Gasteiger partial charge in [-0.15, -0.1) is 0 Å². The first-order chi connectivity index (χ1) is 9.95. The molecule has 1 fully saturated rings. The third-order valence-electron chi connectivity index (χ3n) is 3.17. The van der Waals surface area contributed by atoms with Gasteiger partial charge < -0.3 is 5.11 Å². The molecule has 1 heterocycles. The fraction of sp³-hybridized carbons (Fsp3) is 0.385. The zero-order valence-corrected chi connectivity index (χ0v) is 12.7. The maximum absolute atomic E-state index is 12.6. The summed E-state index contributed by atoms with van der Waals surface area (Å²) >= 11 is 1.55. The number of carboxylic acids is 1. The first kappa shape index (κ1) is 15.8. The lowest BCUT2D eigenvalue weighted by Gasteiger charge is -2.33. The third kappa shape index (κ3) is 3.56. The average molecular weight is 326 g/mol. The highest BCUT2D eigenvalue weighted by molar-refractivity contribution is 7.99. The van der Waals surface area contributed by atoms with Crippen LogP contribution in [-0.4, -0.2) is 47.9 Å². The molecule has 0 spiro atoms. The fourth-order valence-corrected chi connectivity index (χ4v) is 5.05. The van der Waals surface area contributed by atoms with E-state index < -0.39 is 22.0 Å². The Balaban J connectivity index is 2.31. The first-order valence-electron chi connectivity index (χ1n) is 6.26. The van der Waals surface area contributed by atoms with Crippen LogP contribution in [0.25, 0.3) is 0 Å². The minimum absolute atomic E-state index is 0.0868. The van der Waals surface area contributed by atoms with E-state index in [1.165, 1.54) is 28.6 Å². The van der Waals surface area contributed by atoms with E-state index in [0.29, 0.717) is 23.6 Å². The third-order valence-corrected chi connectivity index (χ3v) is 6.23. The summed E-state index contributed by atoms with van der Waals surface area (Å²) in [6.45, 7) is 0.297. The number of aliphatic carboxylic acids is 1. The summed E-state index contributed by atoms with van der Waals surface area (Å²) in [5.74, 6) is 0.107. The molecule has 1 saturated heterocycles. The van der Waals surface area contributed by atoms with Crippen molar-refractivity contribution in [2.75, 3.05) is 18.1 Å². The minimum Gasteiger partial charge on any atom is -0.481 e. The summed E-state index contributed by atoms with van der Waals surface area (Å²) in [6, 6.07) is 7.04. The topological polar surface area (TPSA) is 98.5 Å². The number of carboxylic acid groups (broad SMARTS) is 1. The highest BCUT2D eigenvalue weighted by Gasteiger charge is 2.34. The van der Waals surface area contributed by atoms with Crippen LogP contribution < -0.4 is 0 Å². The largest absolute Gasteiger partial charge is 0.481 e. The van der Waals surface area contributed by atoms with Gasteiger partial charge in [0.15, 0.2) is 0 Å². The number of benzene rings is 1. The van der Waals surface area contributed by atoms with E-state index in [1.54, 1.807) is 11.8 Å². The van der Waals surface area contributed by atoms with Gasteiger partial charge in [0.05, 0.1) is 22.9 Å². The smallest absolute Gasteiger partial charge is 0.305 e. The molecule has 1 atom stereocenters. The maximum atomic E-state index is 12.6. The van der Waals surface area contributed by atoms with Crippen molar-refractivity contribution in [3.63, 3.8) is 0 Å². The van der Waals surface area contributed by atoms with E-state index in [-0.39, 0.29) is 11.3 Å². The van der Waals surface area contributed by atoms with Gasteiger partial charge in [-0.3, -0.25) is 4.79 Å². The molecule has 1 aromatic rings. The predicted molar refractivity (Wildman–Crippen MR) is 78.4 cm³/mol. The number of nitrogens with zero attached hydrogens (tertiary/aromatic N) is 2. The Morgan fingerprint density at radius 2 is 2.10 bits per heavy atom. The molecule has 112 valence electrons. The molecule has 6 nitrogen and oxygen atoms in total. The van der Waals surface area contributed by atoms with Crippen molar-refractivity contribution < 1.29 is 18.3 Å². The van der Waals surface area contributed by atoms with Gasteiger partial charge in [-0.25, -0.2) is 8.42 Å². The fourth-order valence-electron chi connectivity index (χ4n) is 2.16. The Labute approximate surface area is 127 Å². The zero-order valence-electron chi connectivity index (χ0n) is 11.1. The molecule has 0 aliphatic carbocycles. The number of hydrogen-bond donors (Lipinski definition) is 1. The van der Waals surface area contributed by atoms with Crippen LogP contribution in [0.1, 0.15) is 12.0 Å². The highest BCUT2D eigenvalue weighted by atomic mass is 32.2. The Hall–Kier alpha value is -1.56. The van der Waals surface area contributed by atoms with E-state index in [2.05, 4.69) is 0 Å². The molecule has 2 rings (SSSR count). The lowest BCUT2D eigenvalue weighted by Crippen LogP contribution is -2.46. The molecule has 0 radical (unpaired) electrons. The van der Waals surface area contributed by atoms with E-state index in [1.807, 2.05) is 6.07 Å². The molecule has 0 saturated carbocycles. The number of sulfonamides is 1. The first-order valence-corrected chi connectivity index (χ1v) is 8.86. The number of hydrogen-bond acceptors (Lipinski definition) is 5. The van der Waals surface area contributed by atoms with E-state index in [9.17, 15) is 13.2 Å². The minimum atomic E-state index is -3.73. The van der Waals surface area contributed by atoms with E-state index >= 15 is 0 Å². The average Bonchev–Trinajstić information content (AvgIpc) is 2.47. The van der Waals surface area contributed by atoms with Crippen molar-refractivity contribution in [3.8, 4) is 6.07 Å². The van der Waals surface area contributed by atoms with Crippen molar-refractivity contribution in [3.05, 3.63) is 29.8 Å². The number of rotatable bonds is 4. The summed E-state index contributed by atoms with van der Waals surface area (Å²) in [6.07, 6.45) is -0.206. The van der Waals surface area contributed by atoms with E-state index in [4.69, 9.17) is 10.4 Å². The lowest BCUT2D eigenvalue weighted by atomic mass is 10.2. The van der Waals surface area contributed by atoms with E-state index in [0.717, 1.165) is 0 Å². The van der Waals surface area contributed by atoms with Gasteiger partial charge in [-0.1, -0.05) is 0 Å². The molecule has 1 N–H and O–H groups in total. The monoisotopic (exact) mass is 326 g/mol. The van der Waals surface area contributed by atoms with Gasteiger partial charge in [0.25, 0.3) is 0 Å². The standard InChI is InChI=1S/C13H14N2O4S2/c14-8-10-1-3-12(4-2-10)21(18,19)15-5-6-20-9-11(15)7-13(16)17/h1-4,11H,5-7,9H2,(H,16,17). The van der Waals surface area contributed by atoms with Crippen molar-refractivity contribution >= 4 is 27.8 Å². The number of nitriles is 1. The van der Waals surface area contributed by atoms with Gasteiger partial charge in [-0.05, 0) is 24.3 Å². The molecule has 0 amide bonds. The van der Waals surface area contributed by atoms with Gasteiger partial charge in [-0.2, -0.15) is 21.3 Å². The van der Waals surface area contributed by atoms with Crippen molar-refractivity contribution in [2.24, 2.45) is 0 Å². The van der Waals surface area contributed by atoms with Crippen LogP contribution >= 0.6 is 11.8 Å². The molecule has 1 aliphatic rings. The van der Waals surface area contributed by atoms with Crippen molar-refractivity contribution in [1.82, 2.24) is 4.31 Å². The van der Waals surface area contributed by atoms with Crippen LogP contribution in [0, 0.1) is 11.3 Å². The van der Waals surface area contributed by atoms with Crippen molar-refractivity contribution in [2.45, 2.75) is 17.4 Å². The Morgan fingerprint density at radius 3 is 2.67 bits per heavy atom. The highest BCUT2D eigenvalue weighted by Crippen LogP contribution is 2.26. The molecular formula is C13H14N2O4S2.